The van der Waals surface area contributed by atoms with Gasteiger partial charge in [-0.1, -0.05) is 55.3 Å². The van der Waals surface area contributed by atoms with Gasteiger partial charge < -0.3 is 19.4 Å². The molecule has 1 saturated carbocycles. The molecule has 2 amide bonds. The molecule has 7 nitrogen and oxygen atoms in total. The number of rotatable bonds is 6. The molecule has 40 heavy (non-hydrogen) atoms. The van der Waals surface area contributed by atoms with E-state index in [4.69, 9.17) is 4.74 Å². The van der Waals surface area contributed by atoms with Crippen molar-refractivity contribution in [2.45, 2.75) is 45.2 Å². The van der Waals surface area contributed by atoms with Gasteiger partial charge in [-0.25, -0.2) is 4.79 Å². The summed E-state index contributed by atoms with van der Waals surface area (Å²) in [5.41, 5.74) is 2.08. The predicted octanol–water partition coefficient (Wildman–Crippen LogP) is 5.08. The normalized spacial score (nSPS) is 21.5. The van der Waals surface area contributed by atoms with Gasteiger partial charge in [0.05, 0.1) is 11.5 Å². The standard InChI is InChI=1S/C32H35N3O4S/c1-2-39-32(38)28-29(33-15-17-34(18-16-33)30(36)27-12-7-19-40-27)25-10-5-6-11-26(25)35(31(28)37)21-22-13-14-23-8-3-4-9-24(23)20-22/h3-4,7-9,12-14,19-20,25-26H,2,5-6,10-11,15-18,21H2,1H3. The lowest BCUT2D eigenvalue weighted by Gasteiger charge is -2.49. The Labute approximate surface area is 239 Å². The topological polar surface area (TPSA) is 70.2 Å². The van der Waals surface area contributed by atoms with Crippen LogP contribution in [0.1, 0.15) is 47.8 Å². The number of benzene rings is 2. The molecule has 6 rings (SSSR count). The molecular weight excluding hydrogens is 522 g/mol. The summed E-state index contributed by atoms with van der Waals surface area (Å²) in [6, 6.07) is 18.3. The first-order valence-corrected chi connectivity index (χ1v) is 15.2. The average Bonchev–Trinajstić information content (AvgIpc) is 3.53. The molecule has 208 valence electrons. The first-order valence-electron chi connectivity index (χ1n) is 14.3. The summed E-state index contributed by atoms with van der Waals surface area (Å²) in [4.78, 5) is 47.3. The third-order valence-corrected chi connectivity index (χ3v) is 9.36. The van der Waals surface area contributed by atoms with Gasteiger partial charge in [-0.2, -0.15) is 0 Å². The van der Waals surface area contributed by atoms with Crippen molar-refractivity contribution in [1.82, 2.24) is 14.7 Å². The molecule has 1 aromatic heterocycles. The van der Waals surface area contributed by atoms with Crippen LogP contribution in [-0.4, -0.2) is 71.3 Å². The van der Waals surface area contributed by atoms with E-state index >= 15 is 0 Å². The number of carbonyl (C=O) groups is 3. The van der Waals surface area contributed by atoms with E-state index in [2.05, 4.69) is 35.2 Å². The summed E-state index contributed by atoms with van der Waals surface area (Å²) in [6.45, 7) is 4.75. The Hall–Kier alpha value is -3.65. The van der Waals surface area contributed by atoms with Crippen molar-refractivity contribution in [2.75, 3.05) is 32.8 Å². The summed E-state index contributed by atoms with van der Waals surface area (Å²) in [6.07, 6.45) is 3.97. The number of amides is 2. The zero-order valence-corrected chi connectivity index (χ0v) is 23.7. The lowest BCUT2D eigenvalue weighted by atomic mass is 9.76. The molecule has 0 N–H and O–H groups in total. The number of esters is 1. The van der Waals surface area contributed by atoms with Gasteiger partial charge >= 0.3 is 5.97 Å². The fourth-order valence-electron chi connectivity index (χ4n) is 6.61. The highest BCUT2D eigenvalue weighted by Gasteiger charge is 2.47. The number of carbonyl (C=O) groups excluding carboxylic acids is 3. The molecular formula is C32H35N3O4S. The molecule has 8 heteroatoms. The Morgan fingerprint density at radius 1 is 0.950 bits per heavy atom. The highest BCUT2D eigenvalue weighted by molar-refractivity contribution is 7.12. The van der Waals surface area contributed by atoms with E-state index in [0.29, 0.717) is 32.7 Å². The van der Waals surface area contributed by atoms with E-state index in [1.807, 2.05) is 39.4 Å². The summed E-state index contributed by atoms with van der Waals surface area (Å²) in [7, 11) is 0. The zero-order chi connectivity index (χ0) is 27.6. The van der Waals surface area contributed by atoms with Crippen LogP contribution in [0.15, 0.2) is 71.2 Å². The van der Waals surface area contributed by atoms with Crippen molar-refractivity contribution >= 4 is 39.9 Å². The number of hydrogen-bond acceptors (Lipinski definition) is 6. The third-order valence-electron chi connectivity index (χ3n) is 8.50. The summed E-state index contributed by atoms with van der Waals surface area (Å²) in [5.74, 6) is -0.647. The van der Waals surface area contributed by atoms with E-state index in [0.717, 1.165) is 52.6 Å². The molecule has 2 fully saturated rings. The molecule has 1 aliphatic carbocycles. The second-order valence-electron chi connectivity index (χ2n) is 10.8. The predicted molar refractivity (Wildman–Crippen MR) is 156 cm³/mol. The quantitative estimate of drug-likeness (QED) is 0.312. The first kappa shape index (κ1) is 26.6. The monoisotopic (exact) mass is 557 g/mol. The van der Waals surface area contributed by atoms with Gasteiger partial charge in [-0.15, -0.1) is 11.3 Å². The molecule has 0 radical (unpaired) electrons. The number of hydrogen-bond donors (Lipinski definition) is 0. The van der Waals surface area contributed by atoms with Crippen LogP contribution in [0.3, 0.4) is 0 Å². The van der Waals surface area contributed by atoms with Crippen LogP contribution >= 0.6 is 11.3 Å². The van der Waals surface area contributed by atoms with Crippen LogP contribution in [0.25, 0.3) is 10.8 Å². The fraction of sp³-hybridized carbons (Fsp3) is 0.406. The minimum absolute atomic E-state index is 0.0340. The van der Waals surface area contributed by atoms with E-state index in [-0.39, 0.29) is 36.0 Å². The maximum atomic E-state index is 14.2. The van der Waals surface area contributed by atoms with Crippen LogP contribution in [-0.2, 0) is 20.9 Å². The number of thiophene rings is 1. The van der Waals surface area contributed by atoms with Gasteiger partial charge in [0.1, 0.15) is 5.57 Å². The van der Waals surface area contributed by atoms with Crippen molar-refractivity contribution in [3.05, 3.63) is 81.7 Å². The largest absolute Gasteiger partial charge is 0.462 e. The molecule has 3 heterocycles. The molecule has 2 aliphatic heterocycles. The Kier molecular flexibility index (Phi) is 7.61. The summed E-state index contributed by atoms with van der Waals surface area (Å²) in [5, 5.41) is 4.22. The minimum Gasteiger partial charge on any atom is -0.462 e. The summed E-state index contributed by atoms with van der Waals surface area (Å²) < 4.78 is 5.48. The Balaban J connectivity index is 1.32. The highest BCUT2D eigenvalue weighted by Crippen LogP contribution is 2.42. The fourth-order valence-corrected chi connectivity index (χ4v) is 7.30. The smallest absolute Gasteiger partial charge is 0.345 e. The number of nitrogens with zero attached hydrogens (tertiary/aromatic N) is 3. The lowest BCUT2D eigenvalue weighted by Crippen LogP contribution is -2.57. The molecule has 1 saturated heterocycles. The highest BCUT2D eigenvalue weighted by atomic mass is 32.1. The van der Waals surface area contributed by atoms with E-state index in [1.54, 1.807) is 6.92 Å². The van der Waals surface area contributed by atoms with Gasteiger partial charge in [0.2, 0.25) is 0 Å². The van der Waals surface area contributed by atoms with Crippen LogP contribution in [0.4, 0.5) is 0 Å². The van der Waals surface area contributed by atoms with Crippen molar-refractivity contribution in [3.63, 3.8) is 0 Å². The molecule has 3 aliphatic rings. The summed E-state index contributed by atoms with van der Waals surface area (Å²) >= 11 is 1.45. The van der Waals surface area contributed by atoms with Gasteiger partial charge in [0.25, 0.3) is 11.8 Å². The van der Waals surface area contributed by atoms with Gasteiger partial charge in [0, 0.05) is 50.4 Å². The van der Waals surface area contributed by atoms with Crippen molar-refractivity contribution < 1.29 is 19.1 Å². The second kappa shape index (κ2) is 11.5. The molecule has 3 aromatic rings. The number of piperazine rings is 1. The molecule has 2 aromatic carbocycles. The van der Waals surface area contributed by atoms with Crippen molar-refractivity contribution in [1.29, 1.82) is 0 Å². The molecule has 0 spiro atoms. The van der Waals surface area contributed by atoms with Crippen molar-refractivity contribution in [3.8, 4) is 0 Å². The maximum absolute atomic E-state index is 14.2. The van der Waals surface area contributed by atoms with E-state index in [1.165, 1.54) is 11.3 Å². The van der Waals surface area contributed by atoms with E-state index < -0.39 is 5.97 Å². The van der Waals surface area contributed by atoms with Crippen LogP contribution in [0.2, 0.25) is 0 Å². The number of ether oxygens (including phenoxy) is 1. The lowest BCUT2D eigenvalue weighted by molar-refractivity contribution is -0.145. The van der Waals surface area contributed by atoms with Crippen molar-refractivity contribution in [2.24, 2.45) is 5.92 Å². The molecule has 0 bridgehead atoms. The van der Waals surface area contributed by atoms with Crippen LogP contribution in [0, 0.1) is 5.92 Å². The minimum atomic E-state index is -0.535. The first-order chi connectivity index (χ1) is 19.5. The average molecular weight is 558 g/mol. The third kappa shape index (κ3) is 5.01. The van der Waals surface area contributed by atoms with E-state index in [9.17, 15) is 14.4 Å². The Morgan fingerprint density at radius 2 is 1.73 bits per heavy atom. The second-order valence-corrected chi connectivity index (χ2v) is 11.8. The Morgan fingerprint density at radius 3 is 2.48 bits per heavy atom. The number of fused-ring (bicyclic) bond motifs is 2. The SMILES string of the molecule is CCOC(=O)C1=C(N2CCN(C(=O)c3cccs3)CC2)C2CCCCC2N(Cc2ccc3ccccc3c2)C1=O. The van der Waals surface area contributed by atoms with Crippen LogP contribution < -0.4 is 0 Å². The van der Waals surface area contributed by atoms with Crippen LogP contribution in [0.5, 0.6) is 0 Å². The maximum Gasteiger partial charge on any atom is 0.345 e. The zero-order valence-electron chi connectivity index (χ0n) is 22.9. The van der Waals surface area contributed by atoms with Gasteiger partial charge in [0.15, 0.2) is 0 Å². The molecule has 2 unspecified atom stereocenters. The van der Waals surface area contributed by atoms with Gasteiger partial charge in [-0.3, -0.25) is 9.59 Å². The Bertz CT molecular complexity index is 1440. The molecule has 2 atom stereocenters. The van der Waals surface area contributed by atoms with Gasteiger partial charge in [-0.05, 0) is 53.6 Å².